The highest BCUT2D eigenvalue weighted by atomic mass is 35.5. The lowest BCUT2D eigenvalue weighted by Crippen LogP contribution is -2.21. The van der Waals surface area contributed by atoms with Crippen LogP contribution in [0.2, 0.25) is 5.02 Å². The molecule has 0 fully saturated rings. The van der Waals surface area contributed by atoms with E-state index in [2.05, 4.69) is 10.3 Å². The lowest BCUT2D eigenvalue weighted by molar-refractivity contribution is -0.113. The SMILES string of the molecule is O=C(CSc1nc(O)cc(=O)n1-c1ccccc1)Nc1ccccc1Cl. The van der Waals surface area contributed by atoms with E-state index in [1.807, 2.05) is 6.07 Å². The Hall–Kier alpha value is -2.77. The van der Waals surface area contributed by atoms with Crippen LogP contribution in [0.5, 0.6) is 5.88 Å². The number of thioether (sulfide) groups is 1. The summed E-state index contributed by atoms with van der Waals surface area (Å²) in [6.45, 7) is 0. The number of para-hydroxylation sites is 2. The van der Waals surface area contributed by atoms with Crippen molar-refractivity contribution >= 4 is 35.0 Å². The first-order chi connectivity index (χ1) is 12.5. The molecule has 1 amide bonds. The first-order valence-electron chi connectivity index (χ1n) is 7.60. The number of aromatic hydroxyl groups is 1. The molecule has 3 rings (SSSR count). The molecule has 26 heavy (non-hydrogen) atoms. The highest BCUT2D eigenvalue weighted by Gasteiger charge is 2.13. The molecular weight excluding hydrogens is 374 g/mol. The third-order valence-corrected chi connectivity index (χ3v) is 4.64. The van der Waals surface area contributed by atoms with Crippen molar-refractivity contribution in [1.29, 1.82) is 0 Å². The van der Waals surface area contributed by atoms with Crippen molar-refractivity contribution in [3.05, 3.63) is 76.0 Å². The number of carbonyl (C=O) groups is 1. The summed E-state index contributed by atoms with van der Waals surface area (Å²) in [4.78, 5) is 28.4. The summed E-state index contributed by atoms with van der Waals surface area (Å²) >= 11 is 7.06. The molecule has 1 aromatic heterocycles. The summed E-state index contributed by atoms with van der Waals surface area (Å²) in [7, 11) is 0. The van der Waals surface area contributed by atoms with Gasteiger partial charge in [0.25, 0.3) is 5.56 Å². The molecule has 0 spiro atoms. The Morgan fingerprint density at radius 3 is 2.58 bits per heavy atom. The van der Waals surface area contributed by atoms with Crippen molar-refractivity contribution in [2.45, 2.75) is 5.16 Å². The summed E-state index contributed by atoms with van der Waals surface area (Å²) in [6, 6.07) is 16.8. The average molecular weight is 388 g/mol. The zero-order valence-corrected chi connectivity index (χ0v) is 15.0. The van der Waals surface area contributed by atoms with Gasteiger partial charge < -0.3 is 10.4 Å². The van der Waals surface area contributed by atoms with Crippen LogP contribution in [0, 0.1) is 0 Å². The Bertz CT molecular complexity index is 992. The maximum Gasteiger partial charge on any atom is 0.262 e. The Labute approximate surface area is 158 Å². The van der Waals surface area contributed by atoms with Gasteiger partial charge in [-0.2, -0.15) is 4.98 Å². The third-order valence-electron chi connectivity index (χ3n) is 3.37. The van der Waals surface area contributed by atoms with E-state index in [0.717, 1.165) is 17.8 Å². The normalized spacial score (nSPS) is 10.5. The number of benzene rings is 2. The molecule has 132 valence electrons. The van der Waals surface area contributed by atoms with Crippen LogP contribution in [0.4, 0.5) is 5.69 Å². The topological polar surface area (TPSA) is 84.2 Å². The molecule has 1 heterocycles. The summed E-state index contributed by atoms with van der Waals surface area (Å²) in [6.07, 6.45) is 0. The monoisotopic (exact) mass is 387 g/mol. The van der Waals surface area contributed by atoms with Crippen molar-refractivity contribution < 1.29 is 9.90 Å². The van der Waals surface area contributed by atoms with Gasteiger partial charge in [-0.15, -0.1) is 0 Å². The molecule has 0 saturated heterocycles. The summed E-state index contributed by atoms with van der Waals surface area (Å²) < 4.78 is 1.34. The van der Waals surface area contributed by atoms with Gasteiger partial charge in [0, 0.05) is 0 Å². The summed E-state index contributed by atoms with van der Waals surface area (Å²) in [5.74, 6) is -0.704. The van der Waals surface area contributed by atoms with E-state index in [4.69, 9.17) is 11.6 Å². The lowest BCUT2D eigenvalue weighted by atomic mass is 10.3. The third kappa shape index (κ3) is 4.25. The van der Waals surface area contributed by atoms with Crippen molar-refractivity contribution in [2.24, 2.45) is 0 Å². The van der Waals surface area contributed by atoms with Gasteiger partial charge in [-0.1, -0.05) is 53.7 Å². The fourth-order valence-electron chi connectivity index (χ4n) is 2.24. The quantitative estimate of drug-likeness (QED) is 0.518. The number of nitrogens with zero attached hydrogens (tertiary/aromatic N) is 2. The first-order valence-corrected chi connectivity index (χ1v) is 8.96. The van der Waals surface area contributed by atoms with Gasteiger partial charge >= 0.3 is 0 Å². The average Bonchev–Trinajstić information content (AvgIpc) is 2.62. The minimum absolute atomic E-state index is 0.00600. The van der Waals surface area contributed by atoms with Crippen LogP contribution in [0.15, 0.2) is 70.6 Å². The van der Waals surface area contributed by atoms with Crippen molar-refractivity contribution in [3.63, 3.8) is 0 Å². The highest BCUT2D eigenvalue weighted by molar-refractivity contribution is 7.99. The minimum atomic E-state index is -0.433. The van der Waals surface area contributed by atoms with Gasteiger partial charge in [-0.05, 0) is 24.3 Å². The predicted octanol–water partition coefficient (Wildman–Crippen LogP) is 3.32. The maximum absolute atomic E-state index is 12.3. The number of nitrogens with one attached hydrogen (secondary N) is 1. The van der Waals surface area contributed by atoms with E-state index < -0.39 is 11.4 Å². The lowest BCUT2D eigenvalue weighted by Gasteiger charge is -2.12. The summed E-state index contributed by atoms with van der Waals surface area (Å²) in [5.41, 5.74) is 0.667. The number of aromatic nitrogens is 2. The van der Waals surface area contributed by atoms with Crippen molar-refractivity contribution in [2.75, 3.05) is 11.1 Å². The molecule has 0 aliphatic heterocycles. The number of anilines is 1. The standard InChI is InChI=1S/C18H14ClN3O3S/c19-13-8-4-5-9-14(13)20-16(24)11-26-18-21-15(23)10-17(25)22(18)12-6-2-1-3-7-12/h1-10,23H,11H2,(H,20,24). The van der Waals surface area contributed by atoms with Crippen LogP contribution in [0.3, 0.4) is 0 Å². The second kappa shape index (κ2) is 8.07. The van der Waals surface area contributed by atoms with E-state index in [9.17, 15) is 14.7 Å². The zero-order chi connectivity index (χ0) is 18.5. The van der Waals surface area contributed by atoms with Crippen LogP contribution in [0.25, 0.3) is 5.69 Å². The molecular formula is C18H14ClN3O3S. The number of halogens is 1. The second-order valence-electron chi connectivity index (χ2n) is 5.22. The van der Waals surface area contributed by atoms with Gasteiger partial charge in [0.15, 0.2) is 5.16 Å². The molecule has 6 nitrogen and oxygen atoms in total. The van der Waals surface area contributed by atoms with E-state index in [0.29, 0.717) is 16.4 Å². The number of rotatable bonds is 5. The number of carbonyl (C=O) groups excluding carboxylic acids is 1. The molecule has 3 aromatic rings. The number of hydrogen-bond donors (Lipinski definition) is 2. The second-order valence-corrected chi connectivity index (χ2v) is 6.57. The van der Waals surface area contributed by atoms with Crippen LogP contribution in [-0.4, -0.2) is 26.3 Å². The molecule has 0 atom stereocenters. The van der Waals surface area contributed by atoms with E-state index >= 15 is 0 Å². The molecule has 2 aromatic carbocycles. The van der Waals surface area contributed by atoms with Crippen molar-refractivity contribution in [1.82, 2.24) is 9.55 Å². The molecule has 8 heteroatoms. The van der Waals surface area contributed by atoms with Crippen LogP contribution in [-0.2, 0) is 4.79 Å². The number of amides is 1. The zero-order valence-electron chi connectivity index (χ0n) is 13.4. The van der Waals surface area contributed by atoms with Crippen LogP contribution in [0.1, 0.15) is 0 Å². The predicted molar refractivity (Wildman–Crippen MR) is 102 cm³/mol. The van der Waals surface area contributed by atoms with E-state index in [1.54, 1.807) is 48.5 Å². The minimum Gasteiger partial charge on any atom is -0.493 e. The van der Waals surface area contributed by atoms with Gasteiger partial charge in [-0.3, -0.25) is 14.2 Å². The number of hydrogen-bond acceptors (Lipinski definition) is 5. The summed E-state index contributed by atoms with van der Waals surface area (Å²) in [5, 5.41) is 13.0. The Balaban J connectivity index is 1.81. The molecule has 0 unspecified atom stereocenters. The Morgan fingerprint density at radius 2 is 1.85 bits per heavy atom. The molecule has 0 saturated carbocycles. The molecule has 0 aliphatic rings. The first kappa shape index (κ1) is 18.0. The molecule has 0 aliphatic carbocycles. The van der Waals surface area contributed by atoms with Gasteiger partial charge in [-0.25, -0.2) is 0 Å². The van der Waals surface area contributed by atoms with Crippen molar-refractivity contribution in [3.8, 4) is 11.6 Å². The Morgan fingerprint density at radius 1 is 1.15 bits per heavy atom. The van der Waals surface area contributed by atoms with E-state index in [1.165, 1.54) is 4.57 Å². The van der Waals surface area contributed by atoms with Gasteiger partial charge in [0.1, 0.15) is 0 Å². The smallest absolute Gasteiger partial charge is 0.262 e. The fourth-order valence-corrected chi connectivity index (χ4v) is 3.24. The highest BCUT2D eigenvalue weighted by Crippen LogP contribution is 2.23. The molecule has 0 bridgehead atoms. The fraction of sp³-hybridized carbons (Fsp3) is 0.0556. The van der Waals surface area contributed by atoms with E-state index in [-0.39, 0.29) is 16.8 Å². The van der Waals surface area contributed by atoms with Gasteiger partial charge in [0.2, 0.25) is 11.8 Å². The molecule has 0 radical (unpaired) electrons. The molecule has 2 N–H and O–H groups in total. The van der Waals surface area contributed by atoms with Gasteiger partial charge in [0.05, 0.1) is 28.2 Å². The Kier molecular flexibility index (Phi) is 5.60. The largest absolute Gasteiger partial charge is 0.493 e. The maximum atomic E-state index is 12.3. The van der Waals surface area contributed by atoms with Crippen LogP contribution >= 0.6 is 23.4 Å². The van der Waals surface area contributed by atoms with Crippen LogP contribution < -0.4 is 10.9 Å².